The molecule has 2 aromatic rings. The highest BCUT2D eigenvalue weighted by Gasteiger charge is 2.17. The third-order valence-electron chi connectivity index (χ3n) is 3.14. The molecule has 0 aliphatic heterocycles. The van der Waals surface area contributed by atoms with Crippen LogP contribution in [-0.2, 0) is 0 Å². The van der Waals surface area contributed by atoms with Gasteiger partial charge in [-0.05, 0) is 42.1 Å². The van der Waals surface area contributed by atoms with E-state index in [0.29, 0.717) is 0 Å². The quantitative estimate of drug-likeness (QED) is 0.821. The van der Waals surface area contributed by atoms with Gasteiger partial charge in [0.05, 0.1) is 6.04 Å². The van der Waals surface area contributed by atoms with E-state index in [1.54, 1.807) is 17.8 Å². The molecule has 0 saturated carbocycles. The third kappa shape index (κ3) is 3.19. The Labute approximate surface area is 122 Å². The van der Waals surface area contributed by atoms with Crippen LogP contribution < -0.4 is 5.32 Å². The monoisotopic (exact) mass is 293 g/mol. The molecule has 1 atom stereocenters. The smallest absolute Gasteiger partial charge is 0.159 e. The van der Waals surface area contributed by atoms with Crippen molar-refractivity contribution in [2.24, 2.45) is 0 Å². The van der Waals surface area contributed by atoms with Crippen molar-refractivity contribution < 1.29 is 8.78 Å². The molecule has 0 bridgehead atoms. The first kappa shape index (κ1) is 15.0. The molecule has 106 valence electrons. The first-order valence-corrected chi connectivity index (χ1v) is 7.71. The summed E-state index contributed by atoms with van der Waals surface area (Å²) in [6, 6.07) is 11.9. The van der Waals surface area contributed by atoms with Crippen LogP contribution >= 0.6 is 11.8 Å². The zero-order valence-corrected chi connectivity index (χ0v) is 12.3. The molecule has 0 aliphatic carbocycles. The number of hydrogen-bond donors (Lipinski definition) is 1. The van der Waals surface area contributed by atoms with Crippen LogP contribution in [0.2, 0.25) is 0 Å². The van der Waals surface area contributed by atoms with Crippen molar-refractivity contribution >= 4 is 11.8 Å². The number of hydrogen-bond acceptors (Lipinski definition) is 2. The van der Waals surface area contributed by atoms with Crippen molar-refractivity contribution in [1.82, 2.24) is 5.32 Å². The lowest BCUT2D eigenvalue weighted by molar-refractivity contribution is 0.503. The minimum atomic E-state index is -0.817. The van der Waals surface area contributed by atoms with E-state index >= 15 is 0 Å². The van der Waals surface area contributed by atoms with Crippen molar-refractivity contribution in [2.75, 3.05) is 12.8 Å². The fourth-order valence-electron chi connectivity index (χ4n) is 2.21. The zero-order chi connectivity index (χ0) is 14.5. The van der Waals surface area contributed by atoms with Crippen LogP contribution in [-0.4, -0.2) is 12.8 Å². The summed E-state index contributed by atoms with van der Waals surface area (Å²) in [7, 11) is 0. The highest BCUT2D eigenvalue weighted by Crippen LogP contribution is 2.30. The summed E-state index contributed by atoms with van der Waals surface area (Å²) in [5.41, 5.74) is 1.81. The molecule has 2 rings (SSSR count). The van der Waals surface area contributed by atoms with Gasteiger partial charge in [0.1, 0.15) is 0 Å². The van der Waals surface area contributed by atoms with E-state index in [1.165, 1.54) is 12.1 Å². The fraction of sp³-hybridized carbons (Fsp3) is 0.250. The van der Waals surface area contributed by atoms with E-state index in [1.807, 2.05) is 37.4 Å². The lowest BCUT2D eigenvalue weighted by Gasteiger charge is -2.21. The third-order valence-corrected chi connectivity index (χ3v) is 3.95. The molecule has 1 N–H and O–H groups in total. The van der Waals surface area contributed by atoms with Crippen LogP contribution in [0, 0.1) is 11.6 Å². The van der Waals surface area contributed by atoms with Crippen molar-refractivity contribution in [3.8, 4) is 0 Å². The van der Waals surface area contributed by atoms with Crippen molar-refractivity contribution in [3.63, 3.8) is 0 Å². The highest BCUT2D eigenvalue weighted by molar-refractivity contribution is 7.98. The van der Waals surface area contributed by atoms with Gasteiger partial charge in [-0.1, -0.05) is 31.2 Å². The minimum Gasteiger partial charge on any atom is -0.306 e. The molecule has 1 nitrogen and oxygen atoms in total. The molecule has 4 heteroatoms. The Morgan fingerprint density at radius 3 is 2.50 bits per heavy atom. The number of thioether (sulfide) groups is 1. The summed E-state index contributed by atoms with van der Waals surface area (Å²) in [5, 5.41) is 3.33. The molecule has 20 heavy (non-hydrogen) atoms. The molecule has 0 amide bonds. The molecule has 0 fully saturated rings. The SMILES string of the molecule is CCNC(c1ccc(F)c(F)c1)c1ccccc1SC. The van der Waals surface area contributed by atoms with Gasteiger partial charge in [-0.3, -0.25) is 0 Å². The number of benzene rings is 2. The van der Waals surface area contributed by atoms with Crippen molar-refractivity contribution in [2.45, 2.75) is 17.9 Å². The summed E-state index contributed by atoms with van der Waals surface area (Å²) >= 11 is 1.64. The van der Waals surface area contributed by atoms with E-state index in [4.69, 9.17) is 0 Å². The lowest BCUT2D eigenvalue weighted by Crippen LogP contribution is -2.22. The summed E-state index contributed by atoms with van der Waals surface area (Å²) < 4.78 is 26.6. The lowest BCUT2D eigenvalue weighted by atomic mass is 9.98. The number of nitrogens with one attached hydrogen (secondary N) is 1. The van der Waals surface area contributed by atoms with Gasteiger partial charge in [0.2, 0.25) is 0 Å². The zero-order valence-electron chi connectivity index (χ0n) is 11.5. The molecular formula is C16H17F2NS. The molecule has 0 radical (unpaired) electrons. The van der Waals surface area contributed by atoms with Gasteiger partial charge in [-0.25, -0.2) is 8.78 Å². The largest absolute Gasteiger partial charge is 0.306 e. The van der Waals surface area contributed by atoms with E-state index in [-0.39, 0.29) is 6.04 Å². The van der Waals surface area contributed by atoms with Gasteiger partial charge in [-0.15, -0.1) is 11.8 Å². The fourth-order valence-corrected chi connectivity index (χ4v) is 2.84. The Morgan fingerprint density at radius 1 is 1.10 bits per heavy atom. The molecule has 0 saturated heterocycles. The maximum absolute atomic E-state index is 13.5. The van der Waals surface area contributed by atoms with Crippen molar-refractivity contribution in [1.29, 1.82) is 0 Å². The Kier molecular flexibility index (Phi) is 5.15. The molecule has 1 unspecified atom stereocenters. The predicted octanol–water partition coefficient (Wildman–Crippen LogP) is 4.39. The standard InChI is InChI=1S/C16H17F2NS/c1-3-19-16(11-8-9-13(17)14(18)10-11)12-6-4-5-7-15(12)20-2/h4-10,16,19H,3H2,1-2H3. The van der Waals surface area contributed by atoms with E-state index in [0.717, 1.165) is 22.6 Å². The summed E-state index contributed by atoms with van der Waals surface area (Å²) in [5.74, 6) is -1.63. The van der Waals surface area contributed by atoms with Crippen LogP contribution in [0.3, 0.4) is 0 Å². The van der Waals surface area contributed by atoms with Crippen LogP contribution in [0.5, 0.6) is 0 Å². The molecule has 0 spiro atoms. The topological polar surface area (TPSA) is 12.0 Å². The van der Waals surface area contributed by atoms with Gasteiger partial charge in [-0.2, -0.15) is 0 Å². The van der Waals surface area contributed by atoms with Crippen molar-refractivity contribution in [3.05, 3.63) is 65.2 Å². The Hall–Kier alpha value is -1.39. The van der Waals surface area contributed by atoms with Gasteiger partial charge in [0.15, 0.2) is 11.6 Å². The first-order chi connectivity index (χ1) is 9.67. The van der Waals surface area contributed by atoms with Crippen LogP contribution in [0.15, 0.2) is 47.4 Å². The summed E-state index contributed by atoms with van der Waals surface area (Å²) in [6.45, 7) is 2.74. The van der Waals surface area contributed by atoms with Gasteiger partial charge < -0.3 is 5.32 Å². The molecule has 0 heterocycles. The Bertz CT molecular complexity index is 586. The second-order valence-electron chi connectivity index (χ2n) is 4.41. The molecule has 0 aromatic heterocycles. The van der Waals surface area contributed by atoms with E-state index < -0.39 is 11.6 Å². The van der Waals surface area contributed by atoms with Crippen LogP contribution in [0.25, 0.3) is 0 Å². The van der Waals surface area contributed by atoms with Gasteiger partial charge >= 0.3 is 0 Å². The normalized spacial score (nSPS) is 12.4. The Balaban J connectivity index is 2.47. The van der Waals surface area contributed by atoms with Crippen LogP contribution in [0.1, 0.15) is 24.1 Å². The summed E-state index contributed by atoms with van der Waals surface area (Å²) in [4.78, 5) is 1.13. The van der Waals surface area contributed by atoms with Gasteiger partial charge in [0, 0.05) is 4.90 Å². The predicted molar refractivity (Wildman–Crippen MR) is 80.1 cm³/mol. The molecule has 0 aliphatic rings. The van der Waals surface area contributed by atoms with E-state index in [2.05, 4.69) is 5.32 Å². The second kappa shape index (κ2) is 6.86. The average molecular weight is 293 g/mol. The Morgan fingerprint density at radius 2 is 1.85 bits per heavy atom. The molecular weight excluding hydrogens is 276 g/mol. The van der Waals surface area contributed by atoms with E-state index in [9.17, 15) is 8.78 Å². The van der Waals surface area contributed by atoms with Gasteiger partial charge in [0.25, 0.3) is 0 Å². The number of halogens is 2. The molecule has 2 aromatic carbocycles. The maximum atomic E-state index is 13.5. The average Bonchev–Trinajstić information content (AvgIpc) is 2.48. The summed E-state index contributed by atoms with van der Waals surface area (Å²) in [6.07, 6.45) is 2.01. The first-order valence-electron chi connectivity index (χ1n) is 6.48. The minimum absolute atomic E-state index is 0.140. The number of rotatable bonds is 5. The van der Waals surface area contributed by atoms with Crippen LogP contribution in [0.4, 0.5) is 8.78 Å². The second-order valence-corrected chi connectivity index (χ2v) is 5.25. The highest BCUT2D eigenvalue weighted by atomic mass is 32.2. The maximum Gasteiger partial charge on any atom is 0.159 e.